The van der Waals surface area contributed by atoms with Crippen LogP contribution in [0.5, 0.6) is 5.75 Å². The fourth-order valence-electron chi connectivity index (χ4n) is 3.53. The number of carbonyl (C=O) groups excluding carboxylic acids is 1. The Morgan fingerprint density at radius 3 is 2.41 bits per heavy atom. The number of aromatic nitrogens is 3. The van der Waals surface area contributed by atoms with E-state index >= 15 is 0 Å². The first kappa shape index (κ1) is 23.6. The van der Waals surface area contributed by atoms with Crippen molar-refractivity contribution < 1.29 is 9.53 Å². The number of thioether (sulfide) groups is 1. The van der Waals surface area contributed by atoms with Crippen LogP contribution in [0.1, 0.15) is 23.4 Å². The van der Waals surface area contributed by atoms with Gasteiger partial charge in [-0.3, -0.25) is 9.36 Å². The van der Waals surface area contributed by atoms with Gasteiger partial charge < -0.3 is 10.1 Å². The number of hydrogen-bond donors (Lipinski definition) is 1. The van der Waals surface area contributed by atoms with Crippen molar-refractivity contribution in [1.29, 1.82) is 0 Å². The number of rotatable bonds is 11. The van der Waals surface area contributed by atoms with Crippen molar-refractivity contribution in [2.75, 3.05) is 12.3 Å². The molecule has 6 nitrogen and oxygen atoms in total. The third kappa shape index (κ3) is 6.48. The molecule has 4 aromatic rings. The number of nitrogens with zero attached hydrogens (tertiary/aromatic N) is 3. The summed E-state index contributed by atoms with van der Waals surface area (Å²) in [6.07, 6.45) is 1.85. The maximum atomic E-state index is 12.4. The van der Waals surface area contributed by atoms with Gasteiger partial charge in [-0.1, -0.05) is 78.5 Å². The smallest absolute Gasteiger partial charge is 0.230 e. The average Bonchev–Trinajstić information content (AvgIpc) is 3.29. The minimum atomic E-state index is -0.0154. The third-order valence-corrected chi connectivity index (χ3v) is 6.23. The molecule has 0 aliphatic rings. The Bertz CT molecular complexity index is 1200. The van der Waals surface area contributed by atoms with E-state index in [-0.39, 0.29) is 18.3 Å². The van der Waals surface area contributed by atoms with E-state index in [9.17, 15) is 4.79 Å². The summed E-state index contributed by atoms with van der Waals surface area (Å²) in [5.41, 5.74) is 3.27. The number of ether oxygens (including phenoxy) is 1. The monoisotopic (exact) mass is 472 g/mol. The molecule has 0 aliphatic carbocycles. The summed E-state index contributed by atoms with van der Waals surface area (Å²) in [5.74, 6) is 1.75. The summed E-state index contributed by atoms with van der Waals surface area (Å²) in [6, 6.07) is 28.1. The Hall–Kier alpha value is -3.58. The van der Waals surface area contributed by atoms with E-state index in [1.54, 1.807) is 0 Å². The Morgan fingerprint density at radius 2 is 1.65 bits per heavy atom. The number of nitrogens with one attached hydrogen (secondary N) is 1. The van der Waals surface area contributed by atoms with Gasteiger partial charge in [0.15, 0.2) is 11.0 Å². The second-order valence-corrected chi connectivity index (χ2v) is 8.79. The summed E-state index contributed by atoms with van der Waals surface area (Å²) in [6.45, 7) is 2.94. The molecule has 1 N–H and O–H groups in total. The largest absolute Gasteiger partial charge is 0.485 e. The van der Waals surface area contributed by atoms with E-state index in [4.69, 9.17) is 4.74 Å². The van der Waals surface area contributed by atoms with E-state index in [1.807, 2.05) is 84.3 Å². The zero-order valence-corrected chi connectivity index (χ0v) is 20.0. The van der Waals surface area contributed by atoms with Gasteiger partial charge in [0.25, 0.3) is 0 Å². The molecule has 174 valence electrons. The molecule has 0 saturated heterocycles. The Balaban J connectivity index is 1.36. The first-order valence-electron chi connectivity index (χ1n) is 11.3. The number of amides is 1. The molecular weight excluding hydrogens is 444 g/mol. The highest BCUT2D eigenvalue weighted by Crippen LogP contribution is 2.24. The molecule has 0 spiro atoms. The van der Waals surface area contributed by atoms with Gasteiger partial charge in [-0.25, -0.2) is 0 Å². The molecule has 34 heavy (non-hydrogen) atoms. The first-order chi connectivity index (χ1) is 16.7. The summed E-state index contributed by atoms with van der Waals surface area (Å²) in [4.78, 5) is 12.4. The van der Waals surface area contributed by atoms with Crippen LogP contribution in [0.3, 0.4) is 0 Å². The molecule has 4 rings (SSSR count). The molecule has 0 unspecified atom stereocenters. The van der Waals surface area contributed by atoms with Gasteiger partial charge in [-0.15, -0.1) is 10.2 Å². The number of benzene rings is 3. The van der Waals surface area contributed by atoms with Crippen molar-refractivity contribution >= 4 is 17.7 Å². The Morgan fingerprint density at radius 1 is 0.941 bits per heavy atom. The number of aryl methyl sites for hydroxylation is 2. The van der Waals surface area contributed by atoms with Gasteiger partial charge in [-0.05, 0) is 49.1 Å². The fourth-order valence-corrected chi connectivity index (χ4v) is 4.33. The first-order valence-corrected chi connectivity index (χ1v) is 12.3. The summed E-state index contributed by atoms with van der Waals surface area (Å²) >= 11 is 1.37. The van der Waals surface area contributed by atoms with Crippen molar-refractivity contribution in [3.63, 3.8) is 0 Å². The zero-order chi connectivity index (χ0) is 23.6. The van der Waals surface area contributed by atoms with Gasteiger partial charge in [-0.2, -0.15) is 0 Å². The summed E-state index contributed by atoms with van der Waals surface area (Å²) in [7, 11) is 0. The maximum Gasteiger partial charge on any atom is 0.230 e. The molecule has 0 atom stereocenters. The average molecular weight is 473 g/mol. The third-order valence-electron chi connectivity index (χ3n) is 5.30. The van der Waals surface area contributed by atoms with Gasteiger partial charge in [0.1, 0.15) is 12.4 Å². The molecule has 3 aromatic carbocycles. The number of hydrogen-bond acceptors (Lipinski definition) is 5. The number of carbonyl (C=O) groups is 1. The van der Waals surface area contributed by atoms with Crippen molar-refractivity contribution in [3.8, 4) is 11.4 Å². The normalized spacial score (nSPS) is 10.7. The molecule has 1 amide bonds. The highest BCUT2D eigenvalue weighted by molar-refractivity contribution is 7.99. The van der Waals surface area contributed by atoms with Crippen LogP contribution in [-0.4, -0.2) is 33.0 Å². The van der Waals surface area contributed by atoms with E-state index in [1.165, 1.54) is 17.3 Å². The number of para-hydroxylation sites is 2. The Labute approximate surface area is 204 Å². The second-order valence-electron chi connectivity index (χ2n) is 7.85. The molecular formula is C27H28N4O2S. The lowest BCUT2D eigenvalue weighted by Gasteiger charge is -2.12. The van der Waals surface area contributed by atoms with Crippen LogP contribution in [0, 0.1) is 6.92 Å². The molecule has 0 fully saturated rings. The van der Waals surface area contributed by atoms with Crippen molar-refractivity contribution in [2.24, 2.45) is 0 Å². The SMILES string of the molecule is Cc1ccccc1OCc1nnc(SCC(=O)NCCCc2ccccc2)n1-c1ccccc1. The van der Waals surface area contributed by atoms with Crippen LogP contribution < -0.4 is 10.1 Å². The quantitative estimate of drug-likeness (QED) is 0.246. The molecule has 0 aliphatic heterocycles. The van der Waals surface area contributed by atoms with Gasteiger partial charge in [0.2, 0.25) is 5.91 Å². The van der Waals surface area contributed by atoms with Gasteiger partial charge in [0, 0.05) is 12.2 Å². The minimum Gasteiger partial charge on any atom is -0.485 e. The lowest BCUT2D eigenvalue weighted by molar-refractivity contribution is -0.118. The minimum absolute atomic E-state index is 0.0154. The van der Waals surface area contributed by atoms with Crippen LogP contribution in [0.15, 0.2) is 90.1 Å². The molecule has 0 bridgehead atoms. The topological polar surface area (TPSA) is 69.0 Å². The molecule has 1 heterocycles. The van der Waals surface area contributed by atoms with E-state index in [0.717, 1.165) is 29.8 Å². The zero-order valence-electron chi connectivity index (χ0n) is 19.2. The van der Waals surface area contributed by atoms with Crippen molar-refractivity contribution in [1.82, 2.24) is 20.1 Å². The van der Waals surface area contributed by atoms with Crippen LogP contribution in [0.4, 0.5) is 0 Å². The van der Waals surface area contributed by atoms with Gasteiger partial charge >= 0.3 is 0 Å². The lowest BCUT2D eigenvalue weighted by Crippen LogP contribution is -2.26. The molecule has 0 saturated carbocycles. The van der Waals surface area contributed by atoms with E-state index < -0.39 is 0 Å². The Kier molecular flexibility index (Phi) is 8.35. The summed E-state index contributed by atoms with van der Waals surface area (Å²) in [5, 5.41) is 12.4. The highest BCUT2D eigenvalue weighted by Gasteiger charge is 2.16. The van der Waals surface area contributed by atoms with Crippen LogP contribution in [0.25, 0.3) is 5.69 Å². The maximum absolute atomic E-state index is 12.4. The van der Waals surface area contributed by atoms with Crippen LogP contribution >= 0.6 is 11.8 Å². The predicted molar refractivity (Wildman–Crippen MR) is 135 cm³/mol. The van der Waals surface area contributed by atoms with E-state index in [2.05, 4.69) is 27.6 Å². The van der Waals surface area contributed by atoms with Crippen molar-refractivity contribution in [2.45, 2.75) is 31.5 Å². The fraction of sp³-hybridized carbons (Fsp3) is 0.222. The lowest BCUT2D eigenvalue weighted by atomic mass is 10.1. The predicted octanol–water partition coefficient (Wildman–Crippen LogP) is 5.00. The van der Waals surface area contributed by atoms with Crippen LogP contribution in [-0.2, 0) is 17.8 Å². The highest BCUT2D eigenvalue weighted by atomic mass is 32.2. The summed E-state index contributed by atoms with van der Waals surface area (Å²) < 4.78 is 7.96. The van der Waals surface area contributed by atoms with Crippen molar-refractivity contribution in [3.05, 3.63) is 102 Å². The molecule has 7 heteroatoms. The standard InChI is InChI=1S/C27H28N4O2S/c1-21-11-8-9-17-24(21)33-19-25-29-30-27(31(25)23-15-6-3-7-16-23)34-20-26(32)28-18-10-14-22-12-4-2-5-13-22/h2-9,11-13,15-17H,10,14,18-20H2,1H3,(H,28,32). The second kappa shape index (κ2) is 12.0. The van der Waals surface area contributed by atoms with E-state index in [0.29, 0.717) is 17.5 Å². The van der Waals surface area contributed by atoms with Gasteiger partial charge in [0.05, 0.1) is 5.75 Å². The van der Waals surface area contributed by atoms with Crippen LogP contribution in [0.2, 0.25) is 0 Å². The molecule has 1 aromatic heterocycles. The molecule has 0 radical (unpaired) electrons.